The second-order valence-electron chi connectivity index (χ2n) is 5.30. The quantitative estimate of drug-likeness (QED) is 0.843. The Morgan fingerprint density at radius 1 is 1.05 bits per heavy atom. The maximum atomic E-state index is 11.0. The molecule has 2 aromatic carbocycles. The average molecular weight is 283 g/mol. The van der Waals surface area contributed by atoms with Gasteiger partial charge in [0.05, 0.1) is 11.3 Å². The number of fused-ring (bicyclic) bond motifs is 1. The van der Waals surface area contributed by atoms with Gasteiger partial charge in [0.1, 0.15) is 5.75 Å². The zero-order chi connectivity index (χ0) is 14.8. The Morgan fingerprint density at radius 3 is 2.57 bits per heavy atom. The molecule has 0 amide bonds. The van der Waals surface area contributed by atoms with Gasteiger partial charge in [-0.15, -0.1) is 0 Å². The summed E-state index contributed by atoms with van der Waals surface area (Å²) < 4.78 is 5.78. The van der Waals surface area contributed by atoms with Crippen LogP contribution in [0.4, 0.5) is 5.69 Å². The van der Waals surface area contributed by atoms with E-state index in [1.807, 2.05) is 12.1 Å². The van der Waals surface area contributed by atoms with Crippen LogP contribution in [0.15, 0.2) is 36.4 Å². The van der Waals surface area contributed by atoms with Gasteiger partial charge in [-0.3, -0.25) is 0 Å². The van der Waals surface area contributed by atoms with Gasteiger partial charge in [0.15, 0.2) is 5.75 Å². The van der Waals surface area contributed by atoms with Crippen LogP contribution in [-0.2, 0) is 12.8 Å². The van der Waals surface area contributed by atoms with Gasteiger partial charge in [-0.05, 0) is 67.1 Å². The van der Waals surface area contributed by atoms with Gasteiger partial charge in [-0.1, -0.05) is 6.07 Å². The molecule has 0 spiro atoms. The van der Waals surface area contributed by atoms with Crippen LogP contribution in [0.2, 0.25) is 0 Å². The first kappa shape index (κ1) is 13.5. The Hall–Kier alpha value is -2.49. The van der Waals surface area contributed by atoms with Crippen LogP contribution in [0, 0.1) is 0 Å². The number of hydrogen-bond donors (Lipinski definition) is 2. The summed E-state index contributed by atoms with van der Waals surface area (Å²) in [5.41, 5.74) is 9.14. The van der Waals surface area contributed by atoms with Crippen LogP contribution in [0.1, 0.15) is 34.3 Å². The third kappa shape index (κ3) is 2.84. The molecule has 0 saturated heterocycles. The maximum absolute atomic E-state index is 11.0. The SMILES string of the molecule is Nc1ccc(C(=O)O)cc1Oc1ccc2c(c1)CCCC2. The fourth-order valence-electron chi connectivity index (χ4n) is 2.66. The van der Waals surface area contributed by atoms with E-state index in [-0.39, 0.29) is 5.56 Å². The monoisotopic (exact) mass is 283 g/mol. The van der Waals surface area contributed by atoms with Crippen molar-refractivity contribution >= 4 is 11.7 Å². The highest BCUT2D eigenvalue weighted by Crippen LogP contribution is 2.31. The number of nitrogen functional groups attached to an aromatic ring is 1. The van der Waals surface area contributed by atoms with E-state index in [1.165, 1.54) is 36.1 Å². The number of aryl methyl sites for hydroxylation is 2. The van der Waals surface area contributed by atoms with Crippen LogP contribution in [0.3, 0.4) is 0 Å². The number of carboxylic acids is 1. The molecule has 0 bridgehead atoms. The number of benzene rings is 2. The number of anilines is 1. The van der Waals surface area contributed by atoms with Gasteiger partial charge in [0, 0.05) is 0 Å². The molecule has 0 fully saturated rings. The van der Waals surface area contributed by atoms with Gasteiger partial charge in [0.2, 0.25) is 0 Å². The van der Waals surface area contributed by atoms with Crippen molar-refractivity contribution in [3.63, 3.8) is 0 Å². The van der Waals surface area contributed by atoms with Crippen molar-refractivity contribution in [2.24, 2.45) is 0 Å². The molecular formula is C17H17NO3. The van der Waals surface area contributed by atoms with Gasteiger partial charge in [-0.25, -0.2) is 4.79 Å². The van der Waals surface area contributed by atoms with Crippen molar-refractivity contribution in [2.45, 2.75) is 25.7 Å². The van der Waals surface area contributed by atoms with Gasteiger partial charge >= 0.3 is 5.97 Å². The van der Waals surface area contributed by atoms with E-state index < -0.39 is 5.97 Å². The van der Waals surface area contributed by atoms with Crippen molar-refractivity contribution < 1.29 is 14.6 Å². The Labute approximate surface area is 123 Å². The van der Waals surface area contributed by atoms with E-state index in [1.54, 1.807) is 6.07 Å². The number of ether oxygens (including phenoxy) is 1. The molecule has 4 nitrogen and oxygen atoms in total. The minimum atomic E-state index is -0.995. The zero-order valence-electron chi connectivity index (χ0n) is 11.6. The molecule has 0 saturated carbocycles. The number of carbonyl (C=O) groups is 1. The second-order valence-corrected chi connectivity index (χ2v) is 5.30. The highest BCUT2D eigenvalue weighted by Gasteiger charge is 2.12. The van der Waals surface area contributed by atoms with Crippen LogP contribution in [0.5, 0.6) is 11.5 Å². The van der Waals surface area contributed by atoms with Crippen LogP contribution < -0.4 is 10.5 Å². The fourth-order valence-corrected chi connectivity index (χ4v) is 2.66. The molecule has 108 valence electrons. The molecule has 0 heterocycles. The summed E-state index contributed by atoms with van der Waals surface area (Å²) in [6.07, 6.45) is 4.62. The highest BCUT2D eigenvalue weighted by molar-refractivity contribution is 5.89. The average Bonchev–Trinajstić information content (AvgIpc) is 2.49. The lowest BCUT2D eigenvalue weighted by Crippen LogP contribution is -2.03. The van der Waals surface area contributed by atoms with Gasteiger partial charge in [-0.2, -0.15) is 0 Å². The van der Waals surface area contributed by atoms with Crippen LogP contribution in [0.25, 0.3) is 0 Å². The van der Waals surface area contributed by atoms with Crippen molar-refractivity contribution in [2.75, 3.05) is 5.73 Å². The van der Waals surface area contributed by atoms with Gasteiger partial charge < -0.3 is 15.6 Å². The molecular weight excluding hydrogens is 266 g/mol. The molecule has 0 atom stereocenters. The summed E-state index contributed by atoms with van der Waals surface area (Å²) in [4.78, 5) is 11.0. The molecule has 3 N–H and O–H groups in total. The lowest BCUT2D eigenvalue weighted by Gasteiger charge is -2.17. The number of carboxylic acid groups (broad SMARTS) is 1. The molecule has 0 radical (unpaired) electrons. The fraction of sp³-hybridized carbons (Fsp3) is 0.235. The Morgan fingerprint density at radius 2 is 1.81 bits per heavy atom. The third-order valence-electron chi connectivity index (χ3n) is 3.81. The summed E-state index contributed by atoms with van der Waals surface area (Å²) in [5, 5.41) is 9.03. The van der Waals surface area contributed by atoms with Gasteiger partial charge in [0.25, 0.3) is 0 Å². The third-order valence-corrected chi connectivity index (χ3v) is 3.81. The largest absolute Gasteiger partial charge is 0.478 e. The Balaban J connectivity index is 1.89. The molecule has 1 aliphatic rings. The minimum absolute atomic E-state index is 0.164. The van der Waals surface area contributed by atoms with Crippen LogP contribution >= 0.6 is 0 Å². The summed E-state index contributed by atoms with van der Waals surface area (Å²) in [5.74, 6) is 0.0841. The van der Waals surface area contributed by atoms with Crippen molar-refractivity contribution in [1.29, 1.82) is 0 Å². The summed E-state index contributed by atoms with van der Waals surface area (Å²) in [6.45, 7) is 0. The van der Waals surface area contributed by atoms with Crippen molar-refractivity contribution in [3.8, 4) is 11.5 Å². The van der Waals surface area contributed by atoms with Crippen LogP contribution in [-0.4, -0.2) is 11.1 Å². The van der Waals surface area contributed by atoms with E-state index >= 15 is 0 Å². The van der Waals surface area contributed by atoms with E-state index in [0.717, 1.165) is 12.8 Å². The lowest BCUT2D eigenvalue weighted by atomic mass is 9.92. The topological polar surface area (TPSA) is 72.6 Å². The lowest BCUT2D eigenvalue weighted by molar-refractivity contribution is 0.0696. The summed E-state index contributed by atoms with van der Waals surface area (Å²) in [6, 6.07) is 10.5. The molecule has 21 heavy (non-hydrogen) atoms. The normalized spacial score (nSPS) is 13.5. The smallest absolute Gasteiger partial charge is 0.335 e. The summed E-state index contributed by atoms with van der Waals surface area (Å²) in [7, 11) is 0. The molecule has 0 unspecified atom stereocenters. The first-order valence-corrected chi connectivity index (χ1v) is 7.06. The minimum Gasteiger partial charge on any atom is -0.478 e. The first-order valence-electron chi connectivity index (χ1n) is 7.06. The van der Waals surface area contributed by atoms with Crippen molar-refractivity contribution in [3.05, 3.63) is 53.1 Å². The molecule has 4 heteroatoms. The molecule has 2 aromatic rings. The summed E-state index contributed by atoms with van der Waals surface area (Å²) >= 11 is 0. The number of hydrogen-bond acceptors (Lipinski definition) is 3. The highest BCUT2D eigenvalue weighted by atomic mass is 16.5. The molecule has 0 aliphatic heterocycles. The Kier molecular flexibility index (Phi) is 3.52. The standard InChI is InChI=1S/C17H17NO3/c18-15-8-6-13(17(19)20)10-16(15)21-14-7-5-11-3-1-2-4-12(11)9-14/h5-10H,1-4,18H2,(H,19,20). The number of aromatic carboxylic acids is 1. The predicted octanol–water partition coefficient (Wildman–Crippen LogP) is 3.64. The molecule has 3 rings (SSSR count). The number of nitrogens with two attached hydrogens (primary N) is 1. The van der Waals surface area contributed by atoms with E-state index in [9.17, 15) is 4.79 Å². The Bertz CT molecular complexity index is 694. The van der Waals surface area contributed by atoms with Crippen molar-refractivity contribution in [1.82, 2.24) is 0 Å². The predicted molar refractivity (Wildman–Crippen MR) is 81.0 cm³/mol. The van der Waals surface area contributed by atoms with E-state index in [4.69, 9.17) is 15.6 Å². The zero-order valence-corrected chi connectivity index (χ0v) is 11.6. The first-order chi connectivity index (χ1) is 10.1. The maximum Gasteiger partial charge on any atom is 0.335 e. The van der Waals surface area contributed by atoms with E-state index in [2.05, 4.69) is 6.07 Å². The second kappa shape index (κ2) is 5.48. The number of rotatable bonds is 3. The van der Waals surface area contributed by atoms with E-state index in [0.29, 0.717) is 17.2 Å². The molecule has 0 aromatic heterocycles. The molecule has 1 aliphatic carbocycles.